The van der Waals surface area contributed by atoms with E-state index in [9.17, 15) is 9.90 Å². The smallest absolute Gasteiger partial charge is 0.273 e. The minimum Gasteiger partial charge on any atom is -0.394 e. The van der Waals surface area contributed by atoms with Gasteiger partial charge in [-0.2, -0.15) is 0 Å². The molecule has 1 aromatic heterocycles. The van der Waals surface area contributed by atoms with Gasteiger partial charge in [-0.25, -0.2) is 0 Å². The molecule has 0 atom stereocenters. The van der Waals surface area contributed by atoms with Crippen LogP contribution < -0.4 is 5.32 Å². The molecule has 2 rings (SSSR count). The highest BCUT2D eigenvalue weighted by atomic mass is 32.1. The predicted molar refractivity (Wildman–Crippen MR) is 64.8 cm³/mol. The summed E-state index contributed by atoms with van der Waals surface area (Å²) in [5.41, 5.74) is -0.130. The minimum absolute atomic E-state index is 0.0109. The van der Waals surface area contributed by atoms with Crippen molar-refractivity contribution in [1.29, 1.82) is 0 Å². The van der Waals surface area contributed by atoms with Crippen molar-refractivity contribution >= 4 is 17.4 Å². The first-order valence-corrected chi connectivity index (χ1v) is 6.69. The molecule has 5 nitrogen and oxygen atoms in total. The summed E-state index contributed by atoms with van der Waals surface area (Å²) in [5, 5.41) is 17.8. The molecule has 1 aromatic rings. The number of hydrogen-bond acceptors (Lipinski definition) is 5. The number of aliphatic hydroxyl groups is 1. The second-order valence-corrected chi connectivity index (χ2v) is 5.48. The van der Waals surface area contributed by atoms with E-state index in [-0.39, 0.29) is 12.5 Å². The van der Waals surface area contributed by atoms with Gasteiger partial charge in [-0.05, 0) is 43.1 Å². The van der Waals surface area contributed by atoms with E-state index in [0.717, 1.165) is 37.2 Å². The van der Waals surface area contributed by atoms with E-state index in [4.69, 9.17) is 0 Å². The Balaban J connectivity index is 2.02. The number of aromatic nitrogens is 2. The molecule has 1 amide bonds. The van der Waals surface area contributed by atoms with Gasteiger partial charge in [0.2, 0.25) is 0 Å². The standard InChI is InChI=1S/C11H17N3O2S/c1-8-2-4-11(7-15,5-3-8)12-10(16)9-6-17-14-13-9/h6,8,15H,2-5,7H2,1H3,(H,12,16). The lowest BCUT2D eigenvalue weighted by Crippen LogP contribution is -2.53. The quantitative estimate of drug-likeness (QED) is 0.851. The van der Waals surface area contributed by atoms with Crippen molar-refractivity contribution in [3.05, 3.63) is 11.1 Å². The van der Waals surface area contributed by atoms with E-state index in [2.05, 4.69) is 21.8 Å². The van der Waals surface area contributed by atoms with Gasteiger partial charge in [0.15, 0.2) is 5.69 Å². The summed E-state index contributed by atoms with van der Waals surface area (Å²) in [7, 11) is 0. The Hall–Kier alpha value is -1.01. The number of aliphatic hydroxyl groups excluding tert-OH is 1. The average molecular weight is 255 g/mol. The Morgan fingerprint density at radius 3 is 2.88 bits per heavy atom. The maximum Gasteiger partial charge on any atom is 0.273 e. The molecule has 0 radical (unpaired) electrons. The normalized spacial score (nSPS) is 28.9. The molecule has 0 spiro atoms. The molecule has 6 heteroatoms. The van der Waals surface area contributed by atoms with Gasteiger partial charge in [-0.3, -0.25) is 4.79 Å². The fourth-order valence-corrected chi connectivity index (χ4v) is 2.64. The van der Waals surface area contributed by atoms with Gasteiger partial charge < -0.3 is 10.4 Å². The first-order chi connectivity index (χ1) is 8.15. The molecular weight excluding hydrogens is 238 g/mol. The van der Waals surface area contributed by atoms with Crippen LogP contribution in [0.1, 0.15) is 43.1 Å². The van der Waals surface area contributed by atoms with Crippen molar-refractivity contribution < 1.29 is 9.90 Å². The SMILES string of the molecule is CC1CCC(CO)(NC(=O)c2csnn2)CC1. The summed E-state index contributed by atoms with van der Waals surface area (Å²) < 4.78 is 3.67. The van der Waals surface area contributed by atoms with E-state index in [1.807, 2.05) is 0 Å². The van der Waals surface area contributed by atoms with Gasteiger partial charge in [0.1, 0.15) is 0 Å². The zero-order valence-corrected chi connectivity index (χ0v) is 10.7. The number of hydrogen-bond donors (Lipinski definition) is 2. The molecule has 1 aliphatic rings. The number of amides is 1. The van der Waals surface area contributed by atoms with Gasteiger partial charge in [-0.15, -0.1) is 5.10 Å². The fraction of sp³-hybridized carbons (Fsp3) is 0.727. The molecular formula is C11H17N3O2S. The number of carbonyl (C=O) groups excluding carboxylic acids is 1. The number of carbonyl (C=O) groups is 1. The highest BCUT2D eigenvalue weighted by Gasteiger charge is 2.35. The Kier molecular flexibility index (Phi) is 3.73. The van der Waals surface area contributed by atoms with Gasteiger partial charge in [0.25, 0.3) is 5.91 Å². The van der Waals surface area contributed by atoms with Crippen LogP contribution in [0.4, 0.5) is 0 Å². The molecule has 94 valence electrons. The van der Waals surface area contributed by atoms with Crippen molar-refractivity contribution in [1.82, 2.24) is 14.9 Å². The van der Waals surface area contributed by atoms with Crippen LogP contribution in [0.25, 0.3) is 0 Å². The maximum absolute atomic E-state index is 11.9. The van der Waals surface area contributed by atoms with Gasteiger partial charge in [-0.1, -0.05) is 11.4 Å². The second kappa shape index (κ2) is 5.10. The van der Waals surface area contributed by atoms with Gasteiger partial charge in [0.05, 0.1) is 12.1 Å². The van der Waals surface area contributed by atoms with Gasteiger partial charge >= 0.3 is 0 Å². The van der Waals surface area contributed by atoms with Crippen LogP contribution in [-0.4, -0.2) is 32.7 Å². The second-order valence-electron chi connectivity index (χ2n) is 4.87. The van der Waals surface area contributed by atoms with E-state index in [1.54, 1.807) is 5.38 Å². The maximum atomic E-state index is 11.9. The Labute approximate surface area is 104 Å². The van der Waals surface area contributed by atoms with Crippen LogP contribution in [0.2, 0.25) is 0 Å². The summed E-state index contributed by atoms with van der Waals surface area (Å²) >= 11 is 1.15. The molecule has 1 fully saturated rings. The zero-order valence-electron chi connectivity index (χ0n) is 9.85. The largest absolute Gasteiger partial charge is 0.394 e. The van der Waals surface area contributed by atoms with Crippen LogP contribution in [0, 0.1) is 5.92 Å². The highest BCUT2D eigenvalue weighted by molar-refractivity contribution is 7.03. The molecule has 0 aliphatic heterocycles. The van der Waals surface area contributed by atoms with Crippen LogP contribution in [-0.2, 0) is 0 Å². The minimum atomic E-state index is -0.465. The van der Waals surface area contributed by atoms with Crippen LogP contribution in [0.5, 0.6) is 0 Å². The molecule has 0 bridgehead atoms. The molecule has 1 heterocycles. The highest BCUT2D eigenvalue weighted by Crippen LogP contribution is 2.31. The number of nitrogens with one attached hydrogen (secondary N) is 1. The van der Waals surface area contributed by atoms with Gasteiger partial charge in [0, 0.05) is 5.38 Å². The summed E-state index contributed by atoms with van der Waals surface area (Å²) in [6, 6.07) is 0. The third kappa shape index (κ3) is 2.81. The molecule has 0 unspecified atom stereocenters. The predicted octanol–water partition coefficient (Wildman–Crippen LogP) is 1.21. The van der Waals surface area contributed by atoms with E-state index < -0.39 is 5.54 Å². The third-order valence-electron chi connectivity index (χ3n) is 3.51. The molecule has 2 N–H and O–H groups in total. The van der Waals surface area contributed by atoms with E-state index in [1.165, 1.54) is 0 Å². The third-order valence-corrected chi connectivity index (χ3v) is 4.01. The summed E-state index contributed by atoms with van der Waals surface area (Å²) in [6.07, 6.45) is 3.73. The first-order valence-electron chi connectivity index (χ1n) is 5.86. The topological polar surface area (TPSA) is 75.1 Å². The monoisotopic (exact) mass is 255 g/mol. The number of nitrogens with zero attached hydrogens (tertiary/aromatic N) is 2. The summed E-state index contributed by atoms with van der Waals surface area (Å²) in [6.45, 7) is 2.19. The average Bonchev–Trinajstić information content (AvgIpc) is 2.86. The van der Waals surface area contributed by atoms with Crippen molar-refractivity contribution in [3.8, 4) is 0 Å². The fourth-order valence-electron chi connectivity index (χ4n) is 2.21. The van der Waals surface area contributed by atoms with E-state index >= 15 is 0 Å². The van der Waals surface area contributed by atoms with Crippen molar-refractivity contribution in [2.75, 3.05) is 6.61 Å². The zero-order chi connectivity index (χ0) is 12.3. The number of rotatable bonds is 3. The summed E-state index contributed by atoms with van der Waals surface area (Å²) in [4.78, 5) is 11.9. The van der Waals surface area contributed by atoms with Crippen LogP contribution in [0.3, 0.4) is 0 Å². The molecule has 1 saturated carbocycles. The summed E-state index contributed by atoms with van der Waals surface area (Å²) in [5.74, 6) is 0.440. The lowest BCUT2D eigenvalue weighted by molar-refractivity contribution is 0.0712. The van der Waals surface area contributed by atoms with Crippen molar-refractivity contribution in [3.63, 3.8) is 0 Å². The molecule has 0 aromatic carbocycles. The van der Waals surface area contributed by atoms with E-state index in [0.29, 0.717) is 11.6 Å². The van der Waals surface area contributed by atoms with Crippen molar-refractivity contribution in [2.45, 2.75) is 38.1 Å². The lowest BCUT2D eigenvalue weighted by atomic mass is 9.77. The van der Waals surface area contributed by atoms with Crippen molar-refractivity contribution in [2.24, 2.45) is 5.92 Å². The van der Waals surface area contributed by atoms with Crippen LogP contribution in [0.15, 0.2) is 5.38 Å². The Morgan fingerprint density at radius 2 is 2.35 bits per heavy atom. The Bertz CT molecular complexity index is 372. The molecule has 17 heavy (non-hydrogen) atoms. The lowest BCUT2D eigenvalue weighted by Gasteiger charge is -2.38. The Morgan fingerprint density at radius 1 is 1.65 bits per heavy atom. The van der Waals surface area contributed by atoms with Crippen LogP contribution >= 0.6 is 11.5 Å². The first kappa shape index (κ1) is 12.4. The molecule has 1 aliphatic carbocycles. The molecule has 0 saturated heterocycles.